The van der Waals surface area contributed by atoms with Crippen molar-refractivity contribution in [1.29, 1.82) is 0 Å². The van der Waals surface area contributed by atoms with Crippen LogP contribution in [0.4, 0.5) is 4.79 Å². The molecule has 0 unspecified atom stereocenters. The van der Waals surface area contributed by atoms with Gasteiger partial charge in [-0.05, 0) is 45.7 Å². The zero-order valence-corrected chi connectivity index (χ0v) is 15.4. The van der Waals surface area contributed by atoms with Crippen molar-refractivity contribution in [2.24, 2.45) is 4.99 Å². The Kier molecular flexibility index (Phi) is 7.50. The summed E-state index contributed by atoms with van der Waals surface area (Å²) in [6.07, 6.45) is 1.55. The Labute approximate surface area is 149 Å². The van der Waals surface area contributed by atoms with Crippen LogP contribution in [0.5, 0.6) is 0 Å². The molecule has 1 aromatic rings. The topological polar surface area (TPSA) is 78.9 Å². The maximum atomic E-state index is 11.8. The third kappa shape index (κ3) is 6.25. The largest absolute Gasteiger partial charge is 0.450 e. The predicted octanol–water partition coefficient (Wildman–Crippen LogP) is 2.07. The lowest BCUT2D eigenvalue weighted by Crippen LogP contribution is -2.49. The summed E-state index contributed by atoms with van der Waals surface area (Å²) in [5.74, 6) is 0.792. The third-order valence-corrected chi connectivity index (χ3v) is 4.05. The first-order valence-corrected chi connectivity index (χ1v) is 9.01. The Morgan fingerprint density at radius 1 is 1.36 bits per heavy atom. The van der Waals surface area contributed by atoms with Gasteiger partial charge in [0.15, 0.2) is 5.96 Å². The summed E-state index contributed by atoms with van der Waals surface area (Å²) in [5, 5.41) is 6.74. The molecule has 0 aromatic carbocycles. The SMILES string of the molecule is CCNC(=NCc1cccc(C)n1)NC1CCN(C(=O)OCC)CC1. The first-order chi connectivity index (χ1) is 12.1. The number of aliphatic imine (C=N–C) groups is 1. The highest BCUT2D eigenvalue weighted by Gasteiger charge is 2.23. The number of guanidine groups is 1. The molecule has 1 saturated heterocycles. The summed E-state index contributed by atoms with van der Waals surface area (Å²) in [5.41, 5.74) is 1.95. The summed E-state index contributed by atoms with van der Waals surface area (Å²) < 4.78 is 5.06. The van der Waals surface area contributed by atoms with Crippen LogP contribution in [-0.4, -0.2) is 54.2 Å². The molecule has 138 valence electrons. The van der Waals surface area contributed by atoms with E-state index in [0.717, 1.165) is 36.7 Å². The minimum atomic E-state index is -0.216. The molecule has 0 atom stereocenters. The van der Waals surface area contributed by atoms with E-state index in [2.05, 4.69) is 20.6 Å². The van der Waals surface area contributed by atoms with Crippen molar-refractivity contribution in [3.63, 3.8) is 0 Å². The highest BCUT2D eigenvalue weighted by atomic mass is 16.6. The summed E-state index contributed by atoms with van der Waals surface area (Å²) in [4.78, 5) is 22.6. The number of hydrogen-bond donors (Lipinski definition) is 2. The standard InChI is InChI=1S/C18H29N5O2/c1-4-19-17(20-13-16-8-6-7-14(3)21-16)22-15-9-11-23(12-10-15)18(24)25-5-2/h6-8,15H,4-5,9-13H2,1-3H3,(H2,19,20,22). The molecule has 1 aromatic heterocycles. The van der Waals surface area contributed by atoms with Crippen LogP contribution in [0, 0.1) is 6.92 Å². The first-order valence-electron chi connectivity index (χ1n) is 9.01. The number of piperidine rings is 1. The molecule has 7 heteroatoms. The van der Waals surface area contributed by atoms with Crippen molar-refractivity contribution in [2.75, 3.05) is 26.2 Å². The maximum absolute atomic E-state index is 11.8. The van der Waals surface area contributed by atoms with Crippen LogP contribution in [0.15, 0.2) is 23.2 Å². The molecule has 0 bridgehead atoms. The van der Waals surface area contributed by atoms with Gasteiger partial charge in [0.25, 0.3) is 0 Å². The Hall–Kier alpha value is -2.31. The van der Waals surface area contributed by atoms with Crippen LogP contribution >= 0.6 is 0 Å². The molecule has 1 aliphatic heterocycles. The number of nitrogens with zero attached hydrogens (tertiary/aromatic N) is 3. The highest BCUT2D eigenvalue weighted by Crippen LogP contribution is 2.11. The quantitative estimate of drug-likeness (QED) is 0.630. The van der Waals surface area contributed by atoms with E-state index in [1.165, 1.54) is 0 Å². The Morgan fingerprint density at radius 3 is 2.76 bits per heavy atom. The molecular weight excluding hydrogens is 318 g/mol. The van der Waals surface area contributed by atoms with Crippen molar-refractivity contribution in [2.45, 2.75) is 46.2 Å². The average molecular weight is 347 g/mol. The van der Waals surface area contributed by atoms with Gasteiger partial charge in [0.05, 0.1) is 18.8 Å². The number of rotatable bonds is 5. The number of ether oxygens (including phenoxy) is 1. The molecular formula is C18H29N5O2. The van der Waals surface area contributed by atoms with E-state index >= 15 is 0 Å². The van der Waals surface area contributed by atoms with Gasteiger partial charge in [0.2, 0.25) is 0 Å². The van der Waals surface area contributed by atoms with E-state index in [-0.39, 0.29) is 6.09 Å². The molecule has 1 fully saturated rings. The van der Waals surface area contributed by atoms with Crippen LogP contribution in [0.25, 0.3) is 0 Å². The summed E-state index contributed by atoms with van der Waals surface area (Å²) in [6.45, 7) is 9.02. The van der Waals surface area contributed by atoms with Gasteiger partial charge in [-0.2, -0.15) is 0 Å². The van der Waals surface area contributed by atoms with E-state index < -0.39 is 0 Å². The first kappa shape index (κ1) is 19.0. The van der Waals surface area contributed by atoms with Crippen molar-refractivity contribution < 1.29 is 9.53 Å². The molecule has 1 amide bonds. The van der Waals surface area contributed by atoms with Crippen LogP contribution in [0.1, 0.15) is 38.1 Å². The second-order valence-corrected chi connectivity index (χ2v) is 6.07. The van der Waals surface area contributed by atoms with Gasteiger partial charge in [-0.1, -0.05) is 6.07 Å². The molecule has 2 N–H and O–H groups in total. The number of amides is 1. The minimum absolute atomic E-state index is 0.216. The Balaban J connectivity index is 1.87. The third-order valence-electron chi connectivity index (χ3n) is 4.05. The molecule has 0 aliphatic carbocycles. The second kappa shape index (κ2) is 9.86. The lowest BCUT2D eigenvalue weighted by molar-refractivity contribution is 0.0963. The number of carbonyl (C=O) groups excluding carboxylic acids is 1. The zero-order chi connectivity index (χ0) is 18.1. The molecule has 0 spiro atoms. The average Bonchev–Trinajstić information content (AvgIpc) is 2.61. The van der Waals surface area contributed by atoms with Crippen LogP contribution in [0.3, 0.4) is 0 Å². The Morgan fingerprint density at radius 2 is 2.12 bits per heavy atom. The monoisotopic (exact) mass is 347 g/mol. The number of likely N-dealkylation sites (tertiary alicyclic amines) is 1. The van der Waals surface area contributed by atoms with E-state index in [1.807, 2.05) is 39.0 Å². The molecule has 2 heterocycles. The summed E-state index contributed by atoms with van der Waals surface area (Å²) >= 11 is 0. The van der Waals surface area contributed by atoms with Crippen molar-refractivity contribution >= 4 is 12.1 Å². The number of hydrogen-bond acceptors (Lipinski definition) is 4. The lowest BCUT2D eigenvalue weighted by Gasteiger charge is -2.32. The van der Waals surface area contributed by atoms with E-state index in [1.54, 1.807) is 4.90 Å². The number of aryl methyl sites for hydroxylation is 1. The van der Waals surface area contributed by atoms with Gasteiger partial charge < -0.3 is 20.3 Å². The second-order valence-electron chi connectivity index (χ2n) is 6.07. The van der Waals surface area contributed by atoms with E-state index in [9.17, 15) is 4.79 Å². The maximum Gasteiger partial charge on any atom is 0.409 e. The van der Waals surface area contributed by atoms with Crippen molar-refractivity contribution in [3.8, 4) is 0 Å². The lowest BCUT2D eigenvalue weighted by atomic mass is 10.1. The van der Waals surface area contributed by atoms with E-state index in [4.69, 9.17) is 4.74 Å². The number of pyridine rings is 1. The molecule has 0 radical (unpaired) electrons. The molecule has 7 nitrogen and oxygen atoms in total. The molecule has 25 heavy (non-hydrogen) atoms. The van der Waals surface area contributed by atoms with Gasteiger partial charge in [-0.25, -0.2) is 9.79 Å². The molecule has 0 saturated carbocycles. The number of aromatic nitrogens is 1. The van der Waals surface area contributed by atoms with Gasteiger partial charge in [0.1, 0.15) is 0 Å². The summed E-state index contributed by atoms with van der Waals surface area (Å²) in [6, 6.07) is 6.26. The van der Waals surface area contributed by atoms with Gasteiger partial charge in [0, 0.05) is 31.4 Å². The zero-order valence-electron chi connectivity index (χ0n) is 15.4. The van der Waals surface area contributed by atoms with Crippen LogP contribution in [-0.2, 0) is 11.3 Å². The minimum Gasteiger partial charge on any atom is -0.450 e. The Bertz CT molecular complexity index is 583. The van der Waals surface area contributed by atoms with Gasteiger partial charge in [-0.15, -0.1) is 0 Å². The predicted molar refractivity (Wildman–Crippen MR) is 98.5 cm³/mol. The number of nitrogens with one attached hydrogen (secondary N) is 2. The fourth-order valence-corrected chi connectivity index (χ4v) is 2.78. The smallest absolute Gasteiger partial charge is 0.409 e. The van der Waals surface area contributed by atoms with E-state index in [0.29, 0.717) is 32.3 Å². The van der Waals surface area contributed by atoms with Crippen LogP contribution in [0.2, 0.25) is 0 Å². The number of carbonyl (C=O) groups is 1. The summed E-state index contributed by atoms with van der Waals surface area (Å²) in [7, 11) is 0. The fourth-order valence-electron chi connectivity index (χ4n) is 2.78. The van der Waals surface area contributed by atoms with Crippen molar-refractivity contribution in [1.82, 2.24) is 20.5 Å². The molecule has 1 aliphatic rings. The fraction of sp³-hybridized carbons (Fsp3) is 0.611. The molecule has 2 rings (SSSR count). The van der Waals surface area contributed by atoms with Crippen LogP contribution < -0.4 is 10.6 Å². The van der Waals surface area contributed by atoms with Gasteiger partial charge >= 0.3 is 6.09 Å². The van der Waals surface area contributed by atoms with Gasteiger partial charge in [-0.3, -0.25) is 4.98 Å². The van der Waals surface area contributed by atoms with Crippen molar-refractivity contribution in [3.05, 3.63) is 29.6 Å². The normalized spacial score (nSPS) is 15.8. The highest BCUT2D eigenvalue weighted by molar-refractivity contribution is 5.80.